The molecule has 0 radical (unpaired) electrons. The molecular formula is C12H10ClNO4. The van der Waals surface area contributed by atoms with Crippen LogP contribution < -0.4 is 4.74 Å². The van der Waals surface area contributed by atoms with E-state index < -0.39 is 5.97 Å². The molecule has 0 aliphatic carbocycles. The molecule has 2 rings (SSSR count). The van der Waals surface area contributed by atoms with Gasteiger partial charge in [0.05, 0.1) is 0 Å². The van der Waals surface area contributed by atoms with Crippen molar-refractivity contribution in [3.05, 3.63) is 46.6 Å². The molecule has 2 aromatic rings. The van der Waals surface area contributed by atoms with Crippen molar-refractivity contribution in [1.29, 1.82) is 0 Å². The largest absolute Gasteiger partial charge is 0.484 e. The summed E-state index contributed by atoms with van der Waals surface area (Å²) in [6, 6.07) is 5.23. The fraction of sp³-hybridized carbons (Fsp3) is 0.167. The van der Waals surface area contributed by atoms with Crippen molar-refractivity contribution < 1.29 is 19.1 Å². The molecule has 0 saturated heterocycles. The lowest BCUT2D eigenvalue weighted by molar-refractivity contribution is 0.0690. The number of aromatic carboxylic acids is 1. The lowest BCUT2D eigenvalue weighted by atomic mass is 10.2. The minimum absolute atomic E-state index is 0.0638. The van der Waals surface area contributed by atoms with Crippen LogP contribution >= 0.6 is 11.6 Å². The van der Waals surface area contributed by atoms with Crippen molar-refractivity contribution in [2.45, 2.75) is 13.5 Å². The zero-order valence-corrected chi connectivity index (χ0v) is 10.3. The van der Waals surface area contributed by atoms with Crippen molar-refractivity contribution in [2.75, 3.05) is 0 Å². The predicted octanol–water partition coefficient (Wildman–Crippen LogP) is 2.91. The van der Waals surface area contributed by atoms with Crippen molar-refractivity contribution >= 4 is 17.6 Å². The van der Waals surface area contributed by atoms with E-state index in [-0.39, 0.29) is 18.2 Å². The van der Waals surface area contributed by atoms with Crippen molar-refractivity contribution in [3.8, 4) is 5.75 Å². The molecule has 0 saturated carbocycles. The van der Waals surface area contributed by atoms with Crippen LogP contribution in [-0.4, -0.2) is 16.1 Å². The van der Waals surface area contributed by atoms with Crippen LogP contribution in [0.1, 0.15) is 21.9 Å². The zero-order chi connectivity index (χ0) is 13.1. The Hall–Kier alpha value is -2.01. The van der Waals surface area contributed by atoms with Crippen LogP contribution in [0.3, 0.4) is 0 Å². The van der Waals surface area contributed by atoms with E-state index in [1.54, 1.807) is 18.2 Å². The van der Waals surface area contributed by atoms with E-state index in [1.165, 1.54) is 0 Å². The van der Waals surface area contributed by atoms with Crippen LogP contribution in [0.4, 0.5) is 0 Å². The first kappa shape index (κ1) is 12.4. The standard InChI is InChI=1S/C12H10ClNO4/c1-7-4-8(2-3-9(7)13)17-6-11-14-10(5-18-11)12(15)16/h2-5H,6H2,1H3,(H,15,16). The molecule has 0 fully saturated rings. The Labute approximate surface area is 108 Å². The van der Waals surface area contributed by atoms with E-state index >= 15 is 0 Å². The van der Waals surface area contributed by atoms with Gasteiger partial charge in [0.2, 0.25) is 5.89 Å². The number of benzene rings is 1. The first-order valence-corrected chi connectivity index (χ1v) is 5.50. The quantitative estimate of drug-likeness (QED) is 0.922. The minimum atomic E-state index is -1.13. The molecule has 0 aliphatic heterocycles. The molecular weight excluding hydrogens is 258 g/mol. The first-order chi connectivity index (χ1) is 8.56. The van der Waals surface area contributed by atoms with Crippen LogP contribution in [0.2, 0.25) is 5.02 Å². The first-order valence-electron chi connectivity index (χ1n) is 5.13. The van der Waals surface area contributed by atoms with Gasteiger partial charge in [-0.3, -0.25) is 0 Å². The van der Waals surface area contributed by atoms with Gasteiger partial charge in [-0.1, -0.05) is 11.6 Å². The number of nitrogens with zero attached hydrogens (tertiary/aromatic N) is 1. The highest BCUT2D eigenvalue weighted by Gasteiger charge is 2.10. The Morgan fingerprint density at radius 1 is 1.56 bits per heavy atom. The van der Waals surface area contributed by atoms with Crippen LogP contribution in [-0.2, 0) is 6.61 Å². The van der Waals surface area contributed by atoms with Crippen LogP contribution in [0.15, 0.2) is 28.9 Å². The molecule has 5 nitrogen and oxygen atoms in total. The minimum Gasteiger partial charge on any atom is -0.484 e. The summed E-state index contributed by atoms with van der Waals surface area (Å²) in [5, 5.41) is 9.33. The molecule has 1 aromatic carbocycles. The number of halogens is 1. The third-order valence-electron chi connectivity index (χ3n) is 2.26. The second-order valence-electron chi connectivity index (χ2n) is 3.63. The van der Waals surface area contributed by atoms with Crippen LogP contribution in [0.5, 0.6) is 5.75 Å². The van der Waals surface area contributed by atoms with Crippen LogP contribution in [0, 0.1) is 6.92 Å². The number of carbonyl (C=O) groups is 1. The van der Waals surface area contributed by atoms with E-state index in [0.717, 1.165) is 11.8 Å². The normalized spacial score (nSPS) is 10.3. The molecule has 0 unspecified atom stereocenters. The van der Waals surface area contributed by atoms with Crippen molar-refractivity contribution in [2.24, 2.45) is 0 Å². The fourth-order valence-corrected chi connectivity index (χ4v) is 1.44. The number of aryl methyl sites for hydroxylation is 1. The Morgan fingerprint density at radius 2 is 2.33 bits per heavy atom. The summed E-state index contributed by atoms with van der Waals surface area (Å²) < 4.78 is 10.4. The molecule has 0 amide bonds. The van der Waals surface area contributed by atoms with Gasteiger partial charge in [-0.25, -0.2) is 9.78 Å². The molecule has 0 atom stereocenters. The molecule has 6 heteroatoms. The number of ether oxygens (including phenoxy) is 1. The summed E-state index contributed by atoms with van der Waals surface area (Å²) in [5.41, 5.74) is 0.758. The molecule has 0 aliphatic rings. The molecule has 1 aromatic heterocycles. The van der Waals surface area contributed by atoms with E-state index in [0.29, 0.717) is 10.8 Å². The van der Waals surface area contributed by atoms with Gasteiger partial charge in [0.15, 0.2) is 12.3 Å². The Morgan fingerprint density at radius 3 is 2.94 bits per heavy atom. The molecule has 1 heterocycles. The maximum absolute atomic E-state index is 10.6. The Balaban J connectivity index is 2.02. The van der Waals surface area contributed by atoms with Gasteiger partial charge in [-0.15, -0.1) is 0 Å². The SMILES string of the molecule is Cc1cc(OCc2nc(C(=O)O)co2)ccc1Cl. The predicted molar refractivity (Wildman–Crippen MR) is 64.0 cm³/mol. The molecule has 0 bridgehead atoms. The summed E-state index contributed by atoms with van der Waals surface area (Å²) in [5.74, 6) is -0.306. The van der Waals surface area contributed by atoms with E-state index in [9.17, 15) is 4.79 Å². The van der Waals surface area contributed by atoms with E-state index in [4.69, 9.17) is 25.9 Å². The summed E-state index contributed by atoms with van der Waals surface area (Å²) in [4.78, 5) is 14.3. The average molecular weight is 268 g/mol. The fourth-order valence-electron chi connectivity index (χ4n) is 1.33. The maximum atomic E-state index is 10.6. The lowest BCUT2D eigenvalue weighted by Crippen LogP contribution is -1.99. The van der Waals surface area contributed by atoms with Crippen LogP contribution in [0.25, 0.3) is 0 Å². The highest BCUT2D eigenvalue weighted by molar-refractivity contribution is 6.31. The second-order valence-corrected chi connectivity index (χ2v) is 4.04. The van der Waals surface area contributed by atoms with Gasteiger partial charge in [0.25, 0.3) is 0 Å². The second kappa shape index (κ2) is 5.10. The van der Waals surface area contributed by atoms with E-state index in [2.05, 4.69) is 4.98 Å². The smallest absolute Gasteiger partial charge is 0.357 e. The summed E-state index contributed by atoms with van der Waals surface area (Å²) >= 11 is 5.88. The number of hydrogen-bond donors (Lipinski definition) is 1. The monoisotopic (exact) mass is 267 g/mol. The van der Waals surface area contributed by atoms with Gasteiger partial charge in [-0.05, 0) is 30.7 Å². The third-order valence-corrected chi connectivity index (χ3v) is 2.69. The number of hydrogen-bond acceptors (Lipinski definition) is 4. The highest BCUT2D eigenvalue weighted by Crippen LogP contribution is 2.21. The topological polar surface area (TPSA) is 72.6 Å². The third kappa shape index (κ3) is 2.81. The number of oxazole rings is 1. The number of rotatable bonds is 4. The van der Waals surface area contributed by atoms with Gasteiger partial charge in [-0.2, -0.15) is 0 Å². The summed E-state index contributed by atoms with van der Waals surface area (Å²) in [6.07, 6.45) is 1.08. The number of carboxylic acids is 1. The zero-order valence-electron chi connectivity index (χ0n) is 9.51. The number of carboxylic acid groups (broad SMARTS) is 1. The van der Waals surface area contributed by atoms with Gasteiger partial charge in [0.1, 0.15) is 12.0 Å². The van der Waals surface area contributed by atoms with Crippen molar-refractivity contribution in [1.82, 2.24) is 4.98 Å². The summed E-state index contributed by atoms with van der Waals surface area (Å²) in [7, 11) is 0. The Kier molecular flexibility index (Phi) is 3.53. The molecule has 1 N–H and O–H groups in total. The lowest BCUT2D eigenvalue weighted by Gasteiger charge is -2.05. The van der Waals surface area contributed by atoms with Gasteiger partial charge < -0.3 is 14.3 Å². The Bertz CT molecular complexity index is 579. The highest BCUT2D eigenvalue weighted by atomic mass is 35.5. The molecule has 94 valence electrons. The van der Waals surface area contributed by atoms with Crippen molar-refractivity contribution in [3.63, 3.8) is 0 Å². The number of aromatic nitrogens is 1. The van der Waals surface area contributed by atoms with Gasteiger partial charge in [0, 0.05) is 5.02 Å². The molecule has 18 heavy (non-hydrogen) atoms. The summed E-state index contributed by atoms with van der Waals surface area (Å²) in [6.45, 7) is 1.93. The van der Waals surface area contributed by atoms with E-state index in [1.807, 2.05) is 6.92 Å². The molecule has 0 spiro atoms. The average Bonchev–Trinajstić information content (AvgIpc) is 2.79. The maximum Gasteiger partial charge on any atom is 0.357 e. The van der Waals surface area contributed by atoms with Gasteiger partial charge >= 0.3 is 5.97 Å².